The molecule has 1 heterocycles. The van der Waals surface area contributed by atoms with E-state index >= 15 is 0 Å². The highest BCUT2D eigenvalue weighted by Gasteiger charge is 2.56. The van der Waals surface area contributed by atoms with Crippen molar-refractivity contribution in [3.63, 3.8) is 0 Å². The lowest BCUT2D eigenvalue weighted by Crippen LogP contribution is -2.75. The Bertz CT molecular complexity index is 493. The summed E-state index contributed by atoms with van der Waals surface area (Å²) >= 11 is 0. The zero-order chi connectivity index (χ0) is 15.1. The molecule has 20 heavy (non-hydrogen) atoms. The molecule has 1 fully saturated rings. The van der Waals surface area contributed by atoms with Crippen LogP contribution in [0.3, 0.4) is 0 Å². The molecular formula is C16H25NO2Si. The molecule has 0 unspecified atom stereocenters. The summed E-state index contributed by atoms with van der Waals surface area (Å²) in [6.07, 6.45) is -0.0930. The number of aliphatic hydroxyl groups is 1. The Balaban J connectivity index is 2.22. The van der Waals surface area contributed by atoms with Gasteiger partial charge in [0, 0.05) is 0 Å². The first-order valence-corrected chi connectivity index (χ1v) is 10.2. The monoisotopic (exact) mass is 291 g/mol. The second-order valence-corrected chi connectivity index (χ2v) is 12.3. The van der Waals surface area contributed by atoms with Gasteiger partial charge in [0.05, 0.1) is 6.04 Å². The summed E-state index contributed by atoms with van der Waals surface area (Å²) in [5.74, 6) is -0.0856. The number of aliphatic hydroxyl groups excluding tert-OH is 1. The van der Waals surface area contributed by atoms with Gasteiger partial charge >= 0.3 is 0 Å². The molecule has 1 N–H and O–H groups in total. The van der Waals surface area contributed by atoms with Gasteiger partial charge in [-0.2, -0.15) is 0 Å². The molecule has 0 aromatic heterocycles. The number of benzene rings is 1. The van der Waals surface area contributed by atoms with Crippen LogP contribution in [0.1, 0.15) is 26.3 Å². The van der Waals surface area contributed by atoms with E-state index in [1.165, 1.54) is 5.56 Å². The molecule has 0 spiro atoms. The Labute approximate surface area is 122 Å². The average molecular weight is 291 g/mol. The number of hydrogen-bond donors (Lipinski definition) is 1. The van der Waals surface area contributed by atoms with Crippen LogP contribution in [0.25, 0.3) is 0 Å². The number of amides is 1. The predicted octanol–water partition coefficient (Wildman–Crippen LogP) is 2.81. The Morgan fingerprint density at radius 1 is 1.20 bits per heavy atom. The van der Waals surface area contributed by atoms with E-state index in [0.717, 1.165) is 6.42 Å². The van der Waals surface area contributed by atoms with Gasteiger partial charge < -0.3 is 9.67 Å². The van der Waals surface area contributed by atoms with Gasteiger partial charge in [0.2, 0.25) is 5.91 Å². The molecule has 2 atom stereocenters. The minimum atomic E-state index is -1.92. The number of nitrogens with zero attached hydrogens (tertiary/aromatic N) is 1. The third kappa shape index (κ3) is 2.42. The van der Waals surface area contributed by atoms with E-state index in [1.807, 2.05) is 22.8 Å². The zero-order valence-corrected chi connectivity index (χ0v) is 14.1. The Kier molecular flexibility index (Phi) is 3.82. The lowest BCUT2D eigenvalue weighted by Gasteiger charge is -2.57. The van der Waals surface area contributed by atoms with Crippen LogP contribution < -0.4 is 0 Å². The lowest BCUT2D eigenvalue weighted by atomic mass is 9.94. The molecule has 1 aliphatic heterocycles. The predicted molar refractivity (Wildman–Crippen MR) is 84.0 cm³/mol. The minimum absolute atomic E-state index is 0.0641. The van der Waals surface area contributed by atoms with Crippen LogP contribution in [0.2, 0.25) is 18.1 Å². The normalized spacial score (nSPS) is 23.7. The minimum Gasteiger partial charge on any atom is -0.381 e. The van der Waals surface area contributed by atoms with Gasteiger partial charge in [0.25, 0.3) is 0 Å². The summed E-state index contributed by atoms with van der Waals surface area (Å²) < 4.78 is 2.00. The van der Waals surface area contributed by atoms with Crippen LogP contribution in [0, 0.1) is 0 Å². The molecule has 2 rings (SSSR count). The van der Waals surface area contributed by atoms with Crippen molar-refractivity contribution in [2.24, 2.45) is 0 Å². The fourth-order valence-electron chi connectivity index (χ4n) is 2.64. The number of hydrogen-bond acceptors (Lipinski definition) is 2. The third-order valence-electron chi connectivity index (χ3n) is 4.91. The van der Waals surface area contributed by atoms with Crippen molar-refractivity contribution in [2.75, 3.05) is 0 Å². The smallest absolute Gasteiger partial charge is 0.246 e. The molecule has 1 aromatic rings. The van der Waals surface area contributed by atoms with E-state index in [-0.39, 0.29) is 17.0 Å². The topological polar surface area (TPSA) is 40.5 Å². The van der Waals surface area contributed by atoms with Gasteiger partial charge in [0.1, 0.15) is 0 Å². The van der Waals surface area contributed by atoms with Gasteiger partial charge in [-0.15, -0.1) is 0 Å². The zero-order valence-electron chi connectivity index (χ0n) is 13.1. The Morgan fingerprint density at radius 3 is 2.25 bits per heavy atom. The highest BCUT2D eigenvalue weighted by atomic mass is 28.3. The molecule has 4 heteroatoms. The number of β-lactam (4-membered cyclic amide) rings is 1. The van der Waals surface area contributed by atoms with E-state index in [0.29, 0.717) is 0 Å². The van der Waals surface area contributed by atoms with E-state index in [4.69, 9.17) is 0 Å². The van der Waals surface area contributed by atoms with Crippen molar-refractivity contribution in [1.82, 2.24) is 4.57 Å². The number of carbonyl (C=O) groups excluding carboxylic acids is 1. The maximum atomic E-state index is 12.2. The molecule has 0 saturated carbocycles. The highest BCUT2D eigenvalue weighted by molar-refractivity contribution is 6.80. The quantitative estimate of drug-likeness (QED) is 0.687. The summed E-state index contributed by atoms with van der Waals surface area (Å²) in [6, 6.07) is 10.0. The molecule has 3 nitrogen and oxygen atoms in total. The largest absolute Gasteiger partial charge is 0.381 e. The maximum absolute atomic E-state index is 12.2. The van der Waals surface area contributed by atoms with Crippen LogP contribution in [-0.4, -0.2) is 36.0 Å². The molecule has 1 aliphatic rings. The molecule has 110 valence electrons. The van der Waals surface area contributed by atoms with Crippen molar-refractivity contribution in [2.45, 2.75) is 57.5 Å². The lowest BCUT2D eigenvalue weighted by molar-refractivity contribution is -0.157. The van der Waals surface area contributed by atoms with Gasteiger partial charge in [-0.05, 0) is 17.0 Å². The fraction of sp³-hybridized carbons (Fsp3) is 0.562. The van der Waals surface area contributed by atoms with Crippen LogP contribution in [0.5, 0.6) is 0 Å². The summed E-state index contributed by atoms with van der Waals surface area (Å²) in [5.41, 5.74) is 1.17. The van der Waals surface area contributed by atoms with E-state index in [2.05, 4.69) is 46.0 Å². The molecule has 0 bridgehead atoms. The van der Waals surface area contributed by atoms with Gasteiger partial charge in [-0.25, -0.2) is 0 Å². The highest BCUT2D eigenvalue weighted by Crippen LogP contribution is 2.43. The first kappa shape index (κ1) is 15.3. The maximum Gasteiger partial charge on any atom is 0.246 e. The molecule has 0 radical (unpaired) electrons. The molecule has 1 aromatic carbocycles. The van der Waals surface area contributed by atoms with Gasteiger partial charge in [-0.1, -0.05) is 64.2 Å². The van der Waals surface area contributed by atoms with Crippen LogP contribution in [-0.2, 0) is 11.2 Å². The fourth-order valence-corrected chi connectivity index (χ4v) is 5.11. The van der Waals surface area contributed by atoms with Crippen molar-refractivity contribution in [1.29, 1.82) is 0 Å². The number of rotatable bonds is 3. The van der Waals surface area contributed by atoms with E-state index < -0.39 is 14.3 Å². The van der Waals surface area contributed by atoms with Crippen LogP contribution in [0.15, 0.2) is 30.3 Å². The van der Waals surface area contributed by atoms with Crippen molar-refractivity contribution in [3.05, 3.63) is 35.9 Å². The summed E-state index contributed by atoms with van der Waals surface area (Å²) in [7, 11) is -1.92. The van der Waals surface area contributed by atoms with Crippen LogP contribution in [0.4, 0.5) is 0 Å². The summed E-state index contributed by atoms with van der Waals surface area (Å²) in [5, 5.41) is 10.2. The summed E-state index contributed by atoms with van der Waals surface area (Å²) in [4.78, 5) is 12.2. The molecule has 1 amide bonds. The van der Waals surface area contributed by atoms with Gasteiger partial charge in [0.15, 0.2) is 14.3 Å². The standard InChI is InChI=1S/C16H25NO2Si/c1-16(2,3)20(4,5)17-13(14(18)15(17)19)11-12-9-7-6-8-10-12/h6-10,13-14,18H,11H2,1-5H3/t13-,14-/m0/s1. The van der Waals surface area contributed by atoms with Crippen molar-refractivity contribution >= 4 is 14.1 Å². The second kappa shape index (κ2) is 5.01. The summed E-state index contributed by atoms with van der Waals surface area (Å²) in [6.45, 7) is 11.0. The average Bonchev–Trinajstić information content (AvgIpc) is 2.37. The van der Waals surface area contributed by atoms with Crippen LogP contribution >= 0.6 is 0 Å². The molecule has 0 aliphatic carbocycles. The van der Waals surface area contributed by atoms with E-state index in [9.17, 15) is 9.90 Å². The van der Waals surface area contributed by atoms with Crippen molar-refractivity contribution < 1.29 is 9.90 Å². The Hall–Kier alpha value is -1.13. The molecule has 1 saturated heterocycles. The van der Waals surface area contributed by atoms with E-state index in [1.54, 1.807) is 0 Å². The first-order valence-electron chi connectivity index (χ1n) is 7.21. The third-order valence-corrected chi connectivity index (χ3v) is 10.3. The Morgan fingerprint density at radius 2 is 1.75 bits per heavy atom. The van der Waals surface area contributed by atoms with Gasteiger partial charge in [-0.3, -0.25) is 4.79 Å². The molecular weight excluding hydrogens is 266 g/mol. The number of carbonyl (C=O) groups is 1. The van der Waals surface area contributed by atoms with Crippen molar-refractivity contribution in [3.8, 4) is 0 Å². The second-order valence-electron chi connectivity index (χ2n) is 7.22. The SMILES string of the molecule is CC(C)(C)[Si](C)(C)N1C(=O)[C@@H](O)[C@@H]1Cc1ccccc1. The first-order chi connectivity index (χ1) is 9.16.